The second-order valence-electron chi connectivity index (χ2n) is 7.18. The Morgan fingerprint density at radius 3 is 2.76 bits per heavy atom. The zero-order chi connectivity index (χ0) is 24.9. The molecule has 0 aromatic carbocycles. The van der Waals surface area contributed by atoms with Crippen molar-refractivity contribution < 1.29 is 28.9 Å². The number of hydrogen-bond donors (Lipinski definition) is 5. The highest BCUT2D eigenvalue weighted by molar-refractivity contribution is 8.00. The van der Waals surface area contributed by atoms with Crippen LogP contribution in [0.25, 0.3) is 11.2 Å². The Labute approximate surface area is 197 Å². The topological polar surface area (TPSA) is 227 Å². The third-order valence-electron chi connectivity index (χ3n) is 4.45. The average molecular weight is 516 g/mol. The number of hydrogen-bond acceptors (Lipinski definition) is 12. The van der Waals surface area contributed by atoms with Gasteiger partial charge in [0.15, 0.2) is 11.5 Å². The lowest BCUT2D eigenvalue weighted by molar-refractivity contribution is -0.00629. The van der Waals surface area contributed by atoms with Gasteiger partial charge >= 0.3 is 13.3 Å². The molecule has 0 aliphatic carbocycles. The first-order valence-electron chi connectivity index (χ1n) is 9.87. The van der Waals surface area contributed by atoms with Crippen LogP contribution in [0.15, 0.2) is 29.7 Å². The van der Waals surface area contributed by atoms with Gasteiger partial charge in [0.2, 0.25) is 0 Å². The molecular formula is C17H25N8O7PS. The van der Waals surface area contributed by atoms with E-state index in [0.717, 1.165) is 0 Å². The standard InChI is InChI=1S/C9H14N5O4P.C8H11N3O3S/c1-6(18-5-19(15,16)17)2-14-4-13-7-8(10)11-3-12-9(7)14;9-5-1-2-11(8(13)10-5)6-4-15-7(3-12)14-6/h3-4,6H,2,5H2,1H3,(H2,10,11,12)(H2,15,16,17);1-2,6-7,12H,3-4H2,(H2,9,10,13)/t;6-,7+/m.0/s1. The van der Waals surface area contributed by atoms with E-state index in [2.05, 4.69) is 19.9 Å². The van der Waals surface area contributed by atoms with Gasteiger partial charge in [0.05, 0.1) is 25.6 Å². The lowest BCUT2D eigenvalue weighted by Gasteiger charge is -2.14. The van der Waals surface area contributed by atoms with Gasteiger partial charge in [-0.25, -0.2) is 19.7 Å². The summed E-state index contributed by atoms with van der Waals surface area (Å²) < 4.78 is 24.3. The van der Waals surface area contributed by atoms with E-state index in [0.29, 0.717) is 23.5 Å². The Morgan fingerprint density at radius 2 is 2.12 bits per heavy atom. The molecule has 0 bridgehead atoms. The van der Waals surface area contributed by atoms with Crippen LogP contribution in [-0.2, 0) is 20.6 Å². The zero-order valence-corrected chi connectivity index (χ0v) is 19.7. The molecule has 1 aliphatic rings. The average Bonchev–Trinajstić information content (AvgIpc) is 3.41. The third-order valence-corrected chi connectivity index (χ3v) is 6.05. The maximum absolute atomic E-state index is 11.4. The van der Waals surface area contributed by atoms with Crippen molar-refractivity contribution >= 4 is 42.2 Å². The van der Waals surface area contributed by atoms with E-state index in [9.17, 15) is 9.36 Å². The van der Waals surface area contributed by atoms with Gasteiger partial charge in [0.1, 0.15) is 35.7 Å². The lowest BCUT2D eigenvalue weighted by atomic mass is 10.4. The maximum atomic E-state index is 11.4. The van der Waals surface area contributed by atoms with Crippen LogP contribution < -0.4 is 17.2 Å². The number of thioether (sulfide) groups is 1. The summed E-state index contributed by atoms with van der Waals surface area (Å²) in [5, 5.41) is 8.88. The highest BCUT2D eigenvalue weighted by Gasteiger charge is 2.27. The number of anilines is 2. The van der Waals surface area contributed by atoms with Crippen molar-refractivity contribution in [1.82, 2.24) is 29.1 Å². The van der Waals surface area contributed by atoms with Gasteiger partial charge in [0.25, 0.3) is 0 Å². The summed E-state index contributed by atoms with van der Waals surface area (Å²) >= 11 is 1.47. The Hall–Kier alpha value is -2.59. The number of rotatable bonds is 7. The van der Waals surface area contributed by atoms with Crippen LogP contribution in [0.1, 0.15) is 13.2 Å². The van der Waals surface area contributed by atoms with E-state index in [-0.39, 0.29) is 29.9 Å². The lowest BCUT2D eigenvalue weighted by Crippen LogP contribution is -2.28. The summed E-state index contributed by atoms with van der Waals surface area (Å²) in [7, 11) is -4.16. The molecular weight excluding hydrogens is 491 g/mol. The molecule has 17 heteroatoms. The monoisotopic (exact) mass is 516 g/mol. The molecule has 3 aromatic rings. The van der Waals surface area contributed by atoms with Crippen molar-refractivity contribution in [2.24, 2.45) is 0 Å². The van der Waals surface area contributed by atoms with Crippen LogP contribution in [0.5, 0.6) is 0 Å². The predicted molar refractivity (Wildman–Crippen MR) is 124 cm³/mol. The summed E-state index contributed by atoms with van der Waals surface area (Å²) in [6.07, 6.45) is 3.03. The fourth-order valence-electron chi connectivity index (χ4n) is 2.92. The summed E-state index contributed by atoms with van der Waals surface area (Å²) in [6.45, 7) is 2.00. The van der Waals surface area contributed by atoms with E-state index in [4.69, 9.17) is 35.8 Å². The van der Waals surface area contributed by atoms with Crippen LogP contribution in [0, 0.1) is 0 Å². The van der Waals surface area contributed by atoms with Crippen molar-refractivity contribution in [3.63, 3.8) is 0 Å². The van der Waals surface area contributed by atoms with E-state index >= 15 is 0 Å². The molecule has 1 aliphatic heterocycles. The van der Waals surface area contributed by atoms with Crippen LogP contribution >= 0.6 is 19.4 Å². The number of nitrogen functional groups attached to an aromatic ring is 2. The molecule has 0 amide bonds. The minimum atomic E-state index is -4.16. The minimum Gasteiger partial charge on any atom is -0.393 e. The highest BCUT2D eigenvalue weighted by atomic mass is 32.2. The third kappa shape index (κ3) is 6.96. The van der Waals surface area contributed by atoms with Gasteiger partial charge in [-0.05, 0) is 13.0 Å². The molecule has 4 heterocycles. The molecule has 0 saturated carbocycles. The predicted octanol–water partition coefficient (Wildman–Crippen LogP) is -0.645. The molecule has 15 nitrogen and oxygen atoms in total. The Kier molecular flexibility index (Phi) is 8.59. The Morgan fingerprint density at radius 1 is 1.35 bits per heavy atom. The molecule has 1 saturated heterocycles. The first-order valence-corrected chi connectivity index (χ1v) is 12.7. The van der Waals surface area contributed by atoms with E-state index < -0.39 is 25.7 Å². The summed E-state index contributed by atoms with van der Waals surface area (Å²) in [5.74, 6) is 1.10. The quantitative estimate of drug-likeness (QED) is 0.246. The van der Waals surface area contributed by atoms with Crippen LogP contribution in [0.3, 0.4) is 0 Å². The summed E-state index contributed by atoms with van der Waals surface area (Å²) in [5.41, 5.74) is 11.4. The van der Waals surface area contributed by atoms with Gasteiger partial charge in [0, 0.05) is 11.9 Å². The van der Waals surface area contributed by atoms with Gasteiger partial charge in [-0.15, -0.1) is 11.8 Å². The molecule has 1 fully saturated rings. The molecule has 1 unspecified atom stereocenters. The van der Waals surface area contributed by atoms with Gasteiger partial charge in [-0.2, -0.15) is 4.98 Å². The Bertz CT molecular complexity index is 1220. The van der Waals surface area contributed by atoms with Crippen LogP contribution in [0.4, 0.5) is 11.6 Å². The van der Waals surface area contributed by atoms with Gasteiger partial charge in [-0.1, -0.05) is 0 Å². The molecule has 0 radical (unpaired) electrons. The van der Waals surface area contributed by atoms with Crippen molar-refractivity contribution in [1.29, 1.82) is 0 Å². The molecule has 34 heavy (non-hydrogen) atoms. The number of nitrogens with zero attached hydrogens (tertiary/aromatic N) is 6. The van der Waals surface area contributed by atoms with Crippen LogP contribution in [0.2, 0.25) is 0 Å². The maximum Gasteiger partial charge on any atom is 0.351 e. The van der Waals surface area contributed by atoms with Crippen LogP contribution in [-0.4, -0.2) is 74.2 Å². The second-order valence-corrected chi connectivity index (χ2v) is 9.96. The normalized spacial score (nSPS) is 19.1. The fraction of sp³-hybridized carbons (Fsp3) is 0.471. The van der Waals surface area contributed by atoms with Crippen molar-refractivity contribution in [3.8, 4) is 0 Å². The van der Waals surface area contributed by atoms with Crippen molar-refractivity contribution in [2.75, 3.05) is 30.2 Å². The van der Waals surface area contributed by atoms with Gasteiger partial charge < -0.3 is 40.4 Å². The first-order chi connectivity index (χ1) is 16.1. The molecule has 0 spiro atoms. The number of ether oxygens (including phenoxy) is 2. The molecule has 3 atom stereocenters. The molecule has 4 rings (SSSR count). The summed E-state index contributed by atoms with van der Waals surface area (Å²) in [4.78, 5) is 44.5. The largest absolute Gasteiger partial charge is 0.393 e. The van der Waals surface area contributed by atoms with E-state index in [1.54, 1.807) is 23.8 Å². The fourth-order valence-corrected chi connectivity index (χ4v) is 4.30. The zero-order valence-electron chi connectivity index (χ0n) is 18.0. The number of imidazole rings is 1. The smallest absolute Gasteiger partial charge is 0.351 e. The molecule has 3 aromatic heterocycles. The molecule has 186 valence electrons. The van der Waals surface area contributed by atoms with Gasteiger partial charge in [-0.3, -0.25) is 9.13 Å². The molecule has 7 N–H and O–H groups in total. The van der Waals surface area contributed by atoms with Crippen molar-refractivity contribution in [3.05, 3.63) is 35.4 Å². The van der Waals surface area contributed by atoms with E-state index in [1.807, 2.05) is 0 Å². The minimum absolute atomic E-state index is 0.0572. The highest BCUT2D eigenvalue weighted by Crippen LogP contribution is 2.34. The number of aliphatic hydroxyl groups excluding tert-OH is 1. The van der Waals surface area contributed by atoms with Crippen molar-refractivity contribution in [2.45, 2.75) is 31.2 Å². The second kappa shape index (κ2) is 11.2. The number of aliphatic hydroxyl groups is 1. The number of fused-ring (bicyclic) bond motifs is 1. The summed E-state index contributed by atoms with van der Waals surface area (Å²) in [6, 6.07) is 1.54. The first kappa shape index (κ1) is 26.0. The number of aromatic nitrogens is 6. The Balaban J connectivity index is 0.000000196. The SMILES string of the molecule is CC(Cn1cnc2c(N)ncnc21)OCP(=O)(O)O.Nc1ccn([C@@H]2CS[C@H](CO)O2)c(=O)n1. The van der Waals surface area contributed by atoms with E-state index in [1.165, 1.54) is 29.0 Å². The number of nitrogens with two attached hydrogens (primary N) is 2.